The number of ether oxygens (including phenoxy) is 2. The first-order chi connectivity index (χ1) is 34.9. The van der Waals surface area contributed by atoms with Crippen molar-refractivity contribution >= 4 is 68.5 Å². The van der Waals surface area contributed by atoms with Crippen LogP contribution >= 0.6 is 0 Å². The number of carbonyl (C=O) groups is 2. The van der Waals surface area contributed by atoms with Gasteiger partial charge in [0, 0.05) is 77.5 Å². The molecular weight excluding hydrogens is 917 g/mol. The predicted octanol–water partition coefficient (Wildman–Crippen LogP) is 4.81. The zero-order chi connectivity index (χ0) is 50.2. The van der Waals surface area contributed by atoms with E-state index in [1.807, 2.05) is 76.6 Å². The SMILES string of the molecule is CNc1nc(Nc2ccc([C@@H](C)N3CCOC([n+]4cc(-c5nc(C(N)=O)c(Nc6ccc([C@H](C)N7CCOCC7)cc6)nc5NC)c5ncn(C)c5c4)C3)cc2)c(C(N)=O)nc1-c1cncc2c1ncn2C. The van der Waals surface area contributed by atoms with E-state index in [1.165, 1.54) is 5.56 Å². The minimum atomic E-state index is -0.738. The Balaban J connectivity index is 0.883. The number of aromatic nitrogens is 10. The number of nitrogens with one attached hydrogen (secondary N) is 4. The van der Waals surface area contributed by atoms with Crippen molar-refractivity contribution in [2.45, 2.75) is 32.2 Å². The molecule has 72 heavy (non-hydrogen) atoms. The number of benzene rings is 2. The molecule has 1 unspecified atom stereocenters. The van der Waals surface area contributed by atoms with Gasteiger partial charge in [0.1, 0.15) is 27.9 Å². The van der Waals surface area contributed by atoms with E-state index in [-0.39, 0.29) is 35.1 Å². The molecule has 2 fully saturated rings. The highest BCUT2D eigenvalue weighted by molar-refractivity contribution is 6.01. The third-order valence-corrected chi connectivity index (χ3v) is 13.5. The molecule has 8 heterocycles. The summed E-state index contributed by atoms with van der Waals surface area (Å²) in [6, 6.07) is 16.2. The van der Waals surface area contributed by atoms with Gasteiger partial charge < -0.3 is 51.3 Å². The predicted molar refractivity (Wildman–Crippen MR) is 273 cm³/mol. The van der Waals surface area contributed by atoms with Crippen molar-refractivity contribution in [2.24, 2.45) is 25.6 Å². The summed E-state index contributed by atoms with van der Waals surface area (Å²) in [4.78, 5) is 63.6. The average molecular weight is 974 g/mol. The summed E-state index contributed by atoms with van der Waals surface area (Å²) in [5.41, 5.74) is 20.6. The molecule has 0 radical (unpaired) electrons. The van der Waals surface area contributed by atoms with E-state index >= 15 is 0 Å². The largest absolute Gasteiger partial charge is 0.379 e. The van der Waals surface area contributed by atoms with Crippen molar-refractivity contribution in [3.05, 3.63) is 108 Å². The third-order valence-electron chi connectivity index (χ3n) is 13.5. The van der Waals surface area contributed by atoms with Crippen molar-refractivity contribution in [1.82, 2.24) is 53.8 Å². The molecule has 6 aromatic heterocycles. The number of carbonyl (C=O) groups excluding carboxylic acids is 2. The van der Waals surface area contributed by atoms with E-state index in [2.05, 4.69) is 67.0 Å². The smallest absolute Gasteiger partial charge is 0.275 e. The average Bonchev–Trinajstić information content (AvgIpc) is 3.99. The Labute approximate surface area is 414 Å². The fraction of sp³-hybridized carbons (Fsp3) is 0.320. The van der Waals surface area contributed by atoms with Gasteiger partial charge in [0.05, 0.1) is 61.9 Å². The highest BCUT2D eigenvalue weighted by Gasteiger charge is 2.33. The number of hydrogen-bond donors (Lipinski definition) is 6. The highest BCUT2D eigenvalue weighted by atomic mass is 16.5. The first-order valence-electron chi connectivity index (χ1n) is 23.7. The van der Waals surface area contributed by atoms with Crippen molar-refractivity contribution in [3.8, 4) is 22.5 Å². The number of nitrogens with two attached hydrogens (primary N) is 2. The number of pyridine rings is 2. The number of aryl methyl sites for hydroxylation is 2. The zero-order valence-corrected chi connectivity index (χ0v) is 40.9. The van der Waals surface area contributed by atoms with E-state index in [9.17, 15) is 9.59 Å². The minimum Gasteiger partial charge on any atom is -0.379 e. The van der Waals surface area contributed by atoms with E-state index in [1.54, 1.807) is 39.1 Å². The second-order valence-corrected chi connectivity index (χ2v) is 17.9. The summed E-state index contributed by atoms with van der Waals surface area (Å²) in [6.07, 6.45) is 10.4. The van der Waals surface area contributed by atoms with Gasteiger partial charge in [-0.25, -0.2) is 29.9 Å². The quantitative estimate of drug-likeness (QED) is 0.0753. The van der Waals surface area contributed by atoms with E-state index in [4.69, 9.17) is 45.9 Å². The molecule has 22 heteroatoms. The van der Waals surface area contributed by atoms with Crippen LogP contribution in [0.25, 0.3) is 44.6 Å². The fourth-order valence-electron chi connectivity index (χ4n) is 9.39. The summed E-state index contributed by atoms with van der Waals surface area (Å²) in [6.45, 7) is 9.29. The Morgan fingerprint density at radius 2 is 1.17 bits per heavy atom. The van der Waals surface area contributed by atoms with Gasteiger partial charge in [-0.1, -0.05) is 24.3 Å². The van der Waals surface area contributed by atoms with Crippen molar-refractivity contribution in [1.29, 1.82) is 0 Å². The molecule has 0 bridgehead atoms. The Morgan fingerprint density at radius 3 is 1.72 bits per heavy atom. The molecule has 8 aromatic rings. The molecule has 2 saturated heterocycles. The molecule has 2 amide bonds. The van der Waals surface area contributed by atoms with E-state index in [0.29, 0.717) is 70.6 Å². The normalized spacial score (nSPS) is 16.4. The maximum Gasteiger partial charge on any atom is 0.275 e. The van der Waals surface area contributed by atoms with E-state index < -0.39 is 18.0 Å². The summed E-state index contributed by atoms with van der Waals surface area (Å²) in [7, 11) is 7.30. The number of fused-ring (bicyclic) bond motifs is 2. The van der Waals surface area contributed by atoms with Crippen LogP contribution in [0.2, 0.25) is 0 Å². The van der Waals surface area contributed by atoms with Gasteiger partial charge in [0.15, 0.2) is 47.1 Å². The molecule has 0 spiro atoms. The van der Waals surface area contributed by atoms with Gasteiger partial charge in [-0.05, 0) is 49.2 Å². The number of imidazole rings is 2. The standard InChI is InChI=1S/C50H56N18O4/c1-28(66-15-18-71-19-16-66)30-7-11-32(12-8-30)59-50-44(46(52)70)61-42(48(54-4)63-50)35-23-68(24-37-40(35)57-27-65(37)6)38-25-67(17-20-72-38)29(2)31-9-13-33(14-10-31)58-49-43(45(51)69)60-41(47(53-3)62-49)34-21-55-22-36-39(34)56-26-64(36)5/h7-14,21-24,26-29,38H,15-20,25H2,1-6H3,(H7-,51,52,53,54,58,59,62,63,69,70)/p+1/t28-,29+,38?/m0/s1. The van der Waals surface area contributed by atoms with Gasteiger partial charge in [-0.2, -0.15) is 4.57 Å². The zero-order valence-electron chi connectivity index (χ0n) is 40.9. The Hall–Kier alpha value is -8.18. The van der Waals surface area contributed by atoms with Crippen LogP contribution in [0.4, 0.5) is 34.6 Å². The topological polar surface area (TPSA) is 263 Å². The molecular formula is C50H57N18O4+. The van der Waals surface area contributed by atoms with Gasteiger partial charge in [0.2, 0.25) is 0 Å². The van der Waals surface area contributed by atoms with Gasteiger partial charge in [0.25, 0.3) is 18.0 Å². The maximum absolute atomic E-state index is 13.1. The van der Waals surface area contributed by atoms with Crippen LogP contribution in [-0.4, -0.2) is 126 Å². The van der Waals surface area contributed by atoms with Crippen LogP contribution in [0.5, 0.6) is 0 Å². The summed E-state index contributed by atoms with van der Waals surface area (Å²) >= 11 is 0. The molecule has 0 saturated carbocycles. The number of nitrogens with zero attached hydrogens (tertiary/aromatic N) is 12. The lowest BCUT2D eigenvalue weighted by molar-refractivity contribution is -0.763. The Bertz CT molecular complexity index is 3320. The first-order valence-corrected chi connectivity index (χ1v) is 23.7. The number of rotatable bonds is 15. The second kappa shape index (κ2) is 19.9. The van der Waals surface area contributed by atoms with Crippen LogP contribution in [0.1, 0.15) is 64.3 Å². The molecule has 3 atom stereocenters. The van der Waals surface area contributed by atoms with Crippen LogP contribution in [-0.2, 0) is 23.6 Å². The molecule has 2 aromatic carbocycles. The maximum atomic E-state index is 13.1. The van der Waals surface area contributed by atoms with Crippen LogP contribution < -0.4 is 37.3 Å². The number of morpholine rings is 2. The molecule has 0 aliphatic carbocycles. The Morgan fingerprint density at radius 1 is 0.653 bits per heavy atom. The highest BCUT2D eigenvalue weighted by Crippen LogP contribution is 2.36. The third kappa shape index (κ3) is 9.18. The summed E-state index contributed by atoms with van der Waals surface area (Å²) in [5, 5.41) is 12.9. The van der Waals surface area contributed by atoms with Crippen molar-refractivity contribution < 1.29 is 23.6 Å². The molecule has 370 valence electrons. The van der Waals surface area contributed by atoms with Gasteiger partial charge in [-0.3, -0.25) is 24.4 Å². The molecule has 2 aliphatic heterocycles. The first kappa shape index (κ1) is 47.5. The summed E-state index contributed by atoms with van der Waals surface area (Å²) < 4.78 is 17.8. The number of primary amides is 2. The number of anilines is 6. The lowest BCUT2D eigenvalue weighted by Gasteiger charge is -2.34. The molecule has 2 aliphatic rings. The lowest BCUT2D eigenvalue weighted by Crippen LogP contribution is -2.52. The van der Waals surface area contributed by atoms with E-state index in [0.717, 1.165) is 48.6 Å². The van der Waals surface area contributed by atoms with Crippen LogP contribution in [0.3, 0.4) is 0 Å². The van der Waals surface area contributed by atoms with Crippen LogP contribution in [0.15, 0.2) is 86.0 Å². The van der Waals surface area contributed by atoms with Crippen LogP contribution in [0, 0.1) is 0 Å². The minimum absolute atomic E-state index is 0.00526. The van der Waals surface area contributed by atoms with Gasteiger partial charge in [-0.15, -0.1) is 0 Å². The lowest BCUT2D eigenvalue weighted by atomic mass is 10.1. The van der Waals surface area contributed by atoms with Crippen molar-refractivity contribution in [3.63, 3.8) is 0 Å². The number of amides is 2. The molecule has 8 N–H and O–H groups in total. The fourth-order valence-corrected chi connectivity index (χ4v) is 9.39. The molecule has 22 nitrogen and oxygen atoms in total. The molecule has 10 rings (SSSR count). The Kier molecular flexibility index (Phi) is 13.1. The van der Waals surface area contributed by atoms with Gasteiger partial charge >= 0.3 is 0 Å². The summed E-state index contributed by atoms with van der Waals surface area (Å²) in [5.74, 6) is -0.188. The number of hydrogen-bond acceptors (Lipinski definition) is 17. The van der Waals surface area contributed by atoms with Crippen molar-refractivity contribution in [2.75, 3.05) is 81.4 Å². The monoisotopic (exact) mass is 973 g/mol. The second-order valence-electron chi connectivity index (χ2n) is 17.9.